The van der Waals surface area contributed by atoms with E-state index in [0.29, 0.717) is 24.2 Å². The van der Waals surface area contributed by atoms with Crippen molar-refractivity contribution in [2.45, 2.75) is 19.4 Å². The van der Waals surface area contributed by atoms with Crippen LogP contribution in [0.3, 0.4) is 0 Å². The van der Waals surface area contributed by atoms with Crippen molar-refractivity contribution in [2.24, 2.45) is 5.92 Å². The zero-order valence-electron chi connectivity index (χ0n) is 13.6. The van der Waals surface area contributed by atoms with Gasteiger partial charge >= 0.3 is 6.03 Å². The number of aromatic nitrogens is 1. The van der Waals surface area contributed by atoms with Crippen molar-refractivity contribution in [3.8, 4) is 0 Å². The molecule has 0 saturated carbocycles. The molecule has 3 N–H and O–H groups in total. The number of nitrogens with one attached hydrogen (secondary N) is 2. The number of urea groups is 1. The van der Waals surface area contributed by atoms with Gasteiger partial charge in [0.2, 0.25) is 0 Å². The highest BCUT2D eigenvalue weighted by atomic mass is 19.1. The Labute approximate surface area is 140 Å². The Morgan fingerprint density at radius 3 is 2.79 bits per heavy atom. The summed E-state index contributed by atoms with van der Waals surface area (Å²) in [6, 6.07) is 10.6. The quantitative estimate of drug-likeness (QED) is 0.730. The summed E-state index contributed by atoms with van der Waals surface area (Å²) in [6.07, 6.45) is 2.25. The molecule has 0 spiro atoms. The van der Waals surface area contributed by atoms with Crippen molar-refractivity contribution < 1.29 is 14.3 Å². The van der Waals surface area contributed by atoms with Crippen molar-refractivity contribution >= 4 is 6.03 Å². The summed E-state index contributed by atoms with van der Waals surface area (Å²) in [5, 5.41) is 14.5. The average molecular weight is 331 g/mol. The molecule has 0 fully saturated rings. The van der Waals surface area contributed by atoms with Gasteiger partial charge in [0.15, 0.2) is 0 Å². The Bertz CT molecular complexity index is 652. The summed E-state index contributed by atoms with van der Waals surface area (Å²) < 4.78 is 13.5. The van der Waals surface area contributed by atoms with Crippen LogP contribution in [0, 0.1) is 11.7 Å². The highest BCUT2D eigenvalue weighted by molar-refractivity contribution is 5.74. The molecule has 128 valence electrons. The van der Waals surface area contributed by atoms with E-state index in [0.717, 1.165) is 0 Å². The van der Waals surface area contributed by atoms with Gasteiger partial charge < -0.3 is 15.7 Å². The lowest BCUT2D eigenvalue weighted by Gasteiger charge is -2.20. The molecule has 0 radical (unpaired) electrons. The largest absolute Gasteiger partial charge is 0.396 e. The molecular weight excluding hydrogens is 309 g/mol. The third-order valence-electron chi connectivity index (χ3n) is 3.67. The Morgan fingerprint density at radius 2 is 2.12 bits per heavy atom. The lowest BCUT2D eigenvalue weighted by molar-refractivity contribution is 0.232. The van der Waals surface area contributed by atoms with Crippen LogP contribution in [0.25, 0.3) is 0 Å². The molecule has 1 aromatic carbocycles. The molecule has 5 nitrogen and oxygen atoms in total. The van der Waals surface area contributed by atoms with Crippen LogP contribution in [-0.4, -0.2) is 29.3 Å². The Kier molecular flexibility index (Phi) is 6.69. The van der Waals surface area contributed by atoms with Gasteiger partial charge in [0.05, 0.1) is 11.7 Å². The maximum absolute atomic E-state index is 13.5. The Hall–Kier alpha value is -2.47. The van der Waals surface area contributed by atoms with Gasteiger partial charge in [0, 0.05) is 19.3 Å². The minimum Gasteiger partial charge on any atom is -0.396 e. The van der Waals surface area contributed by atoms with Crippen molar-refractivity contribution in [2.75, 3.05) is 13.2 Å². The van der Waals surface area contributed by atoms with Gasteiger partial charge in [-0.2, -0.15) is 0 Å². The predicted octanol–water partition coefficient (Wildman–Crippen LogP) is 2.63. The second-order valence-corrected chi connectivity index (χ2v) is 5.71. The standard InChI is InChI=1S/C18H22FN3O2/c1-13(8-10-23)12-21-18(24)22-17(16-7-2-3-9-20-16)14-5-4-6-15(19)11-14/h2-7,9,11,13,17,23H,8,10,12H2,1H3,(H2,21,22,24). The van der Waals surface area contributed by atoms with Crippen LogP contribution in [0.1, 0.15) is 30.6 Å². The minimum atomic E-state index is -0.546. The number of aliphatic hydroxyl groups excluding tert-OH is 1. The Balaban J connectivity index is 2.11. The fourth-order valence-corrected chi connectivity index (χ4v) is 2.33. The van der Waals surface area contributed by atoms with Gasteiger partial charge in [0.1, 0.15) is 5.82 Å². The number of hydrogen-bond acceptors (Lipinski definition) is 3. The van der Waals surface area contributed by atoms with Gasteiger partial charge in [0.25, 0.3) is 0 Å². The zero-order valence-corrected chi connectivity index (χ0v) is 13.6. The molecule has 2 aromatic rings. The molecule has 0 aliphatic heterocycles. The number of carbonyl (C=O) groups is 1. The third-order valence-corrected chi connectivity index (χ3v) is 3.67. The number of amides is 2. The maximum Gasteiger partial charge on any atom is 0.315 e. The molecule has 6 heteroatoms. The molecule has 2 atom stereocenters. The lowest BCUT2D eigenvalue weighted by Crippen LogP contribution is -2.40. The van der Waals surface area contributed by atoms with Crippen LogP contribution in [-0.2, 0) is 0 Å². The van der Waals surface area contributed by atoms with Gasteiger partial charge in [-0.15, -0.1) is 0 Å². The van der Waals surface area contributed by atoms with Crippen molar-refractivity contribution in [1.82, 2.24) is 15.6 Å². The van der Waals surface area contributed by atoms with E-state index in [1.807, 2.05) is 13.0 Å². The van der Waals surface area contributed by atoms with Crippen molar-refractivity contribution in [3.63, 3.8) is 0 Å². The van der Waals surface area contributed by atoms with E-state index in [-0.39, 0.29) is 24.4 Å². The molecule has 2 unspecified atom stereocenters. The van der Waals surface area contributed by atoms with Crippen LogP contribution in [0.2, 0.25) is 0 Å². The first-order valence-electron chi connectivity index (χ1n) is 7.91. The SMILES string of the molecule is CC(CCO)CNC(=O)NC(c1cccc(F)c1)c1ccccn1. The second kappa shape index (κ2) is 8.98. The third kappa shape index (κ3) is 5.31. The van der Waals surface area contributed by atoms with E-state index in [1.165, 1.54) is 12.1 Å². The van der Waals surface area contributed by atoms with E-state index in [9.17, 15) is 9.18 Å². The molecule has 24 heavy (non-hydrogen) atoms. The summed E-state index contributed by atoms with van der Waals surface area (Å²) in [5.74, 6) is -0.199. The normalized spacial score (nSPS) is 13.1. The molecule has 0 aliphatic carbocycles. The smallest absolute Gasteiger partial charge is 0.315 e. The number of carbonyl (C=O) groups excluding carboxylic acids is 1. The van der Waals surface area contributed by atoms with Gasteiger partial charge in [-0.25, -0.2) is 9.18 Å². The highest BCUT2D eigenvalue weighted by Crippen LogP contribution is 2.20. The number of nitrogens with zero attached hydrogens (tertiary/aromatic N) is 1. The van der Waals surface area contributed by atoms with Crippen molar-refractivity contribution in [3.05, 3.63) is 65.7 Å². The number of rotatable bonds is 7. The van der Waals surface area contributed by atoms with E-state index in [1.54, 1.807) is 30.5 Å². The molecule has 0 bridgehead atoms. The summed E-state index contributed by atoms with van der Waals surface area (Å²) in [4.78, 5) is 16.5. The van der Waals surface area contributed by atoms with E-state index in [4.69, 9.17) is 5.11 Å². The number of hydrogen-bond donors (Lipinski definition) is 3. The number of benzene rings is 1. The molecule has 2 amide bonds. The number of aliphatic hydroxyl groups is 1. The molecular formula is C18H22FN3O2. The van der Waals surface area contributed by atoms with Crippen LogP contribution in [0.15, 0.2) is 48.7 Å². The van der Waals surface area contributed by atoms with Gasteiger partial charge in [-0.1, -0.05) is 25.1 Å². The van der Waals surface area contributed by atoms with Crippen molar-refractivity contribution in [1.29, 1.82) is 0 Å². The van der Waals surface area contributed by atoms with Gasteiger partial charge in [-0.3, -0.25) is 4.98 Å². The molecule has 2 rings (SSSR count). The van der Waals surface area contributed by atoms with Crippen LogP contribution < -0.4 is 10.6 Å². The van der Waals surface area contributed by atoms with E-state index in [2.05, 4.69) is 15.6 Å². The molecule has 1 heterocycles. The number of halogens is 1. The second-order valence-electron chi connectivity index (χ2n) is 5.71. The van der Waals surface area contributed by atoms with Crippen LogP contribution in [0.4, 0.5) is 9.18 Å². The zero-order chi connectivity index (χ0) is 17.4. The fourth-order valence-electron chi connectivity index (χ4n) is 2.33. The first kappa shape index (κ1) is 17.9. The average Bonchev–Trinajstić information content (AvgIpc) is 2.59. The first-order valence-corrected chi connectivity index (χ1v) is 7.91. The lowest BCUT2D eigenvalue weighted by atomic mass is 10.0. The minimum absolute atomic E-state index is 0.0876. The fraction of sp³-hybridized carbons (Fsp3) is 0.333. The van der Waals surface area contributed by atoms with E-state index < -0.39 is 6.04 Å². The summed E-state index contributed by atoms with van der Waals surface area (Å²) in [5.41, 5.74) is 1.24. The van der Waals surface area contributed by atoms with Crippen LogP contribution >= 0.6 is 0 Å². The summed E-state index contributed by atoms with van der Waals surface area (Å²) in [6.45, 7) is 2.48. The first-order chi connectivity index (χ1) is 11.6. The molecule has 0 saturated heterocycles. The number of pyridine rings is 1. The molecule has 1 aromatic heterocycles. The van der Waals surface area contributed by atoms with Gasteiger partial charge in [-0.05, 0) is 42.2 Å². The molecule has 0 aliphatic rings. The Morgan fingerprint density at radius 1 is 1.29 bits per heavy atom. The summed E-state index contributed by atoms with van der Waals surface area (Å²) >= 11 is 0. The maximum atomic E-state index is 13.5. The predicted molar refractivity (Wildman–Crippen MR) is 89.9 cm³/mol. The topological polar surface area (TPSA) is 74.2 Å². The van der Waals surface area contributed by atoms with Crippen LogP contribution in [0.5, 0.6) is 0 Å². The monoisotopic (exact) mass is 331 g/mol. The highest BCUT2D eigenvalue weighted by Gasteiger charge is 2.18. The summed E-state index contributed by atoms with van der Waals surface area (Å²) in [7, 11) is 0. The van der Waals surface area contributed by atoms with E-state index >= 15 is 0 Å².